The van der Waals surface area contributed by atoms with Crippen molar-refractivity contribution >= 4 is 11.8 Å². The average Bonchev–Trinajstić information content (AvgIpc) is 2.76. The van der Waals surface area contributed by atoms with Crippen LogP contribution < -0.4 is 0 Å². The molecule has 0 aromatic heterocycles. The van der Waals surface area contributed by atoms with E-state index in [-0.39, 0.29) is 11.8 Å². The minimum absolute atomic E-state index is 0.0816. The summed E-state index contributed by atoms with van der Waals surface area (Å²) in [5.41, 5.74) is 0. The highest BCUT2D eigenvalue weighted by Crippen LogP contribution is 2.44. The highest BCUT2D eigenvalue weighted by atomic mass is 16.5. The molecule has 2 bridgehead atoms. The third-order valence-corrected chi connectivity index (χ3v) is 3.52. The third kappa shape index (κ3) is 1.76. The van der Waals surface area contributed by atoms with E-state index in [1.807, 2.05) is 12.2 Å². The van der Waals surface area contributed by atoms with Crippen LogP contribution in [0.1, 0.15) is 12.8 Å². The van der Waals surface area contributed by atoms with Crippen molar-refractivity contribution in [2.75, 3.05) is 0 Å². The summed E-state index contributed by atoms with van der Waals surface area (Å²) in [5, 5.41) is 26.6. The molecule has 88 valence electrons. The lowest BCUT2D eigenvalue weighted by Crippen LogP contribution is -2.39. The molecule has 0 aromatic carbocycles. The van der Waals surface area contributed by atoms with Crippen molar-refractivity contribution in [3.8, 4) is 0 Å². The van der Waals surface area contributed by atoms with Crippen LogP contribution in [0.4, 0.5) is 0 Å². The summed E-state index contributed by atoms with van der Waals surface area (Å²) in [7, 11) is 0. The summed E-state index contributed by atoms with van der Waals surface area (Å²) in [4.78, 5) is 22.7. The third-order valence-electron chi connectivity index (χ3n) is 3.52. The van der Waals surface area contributed by atoms with Gasteiger partial charge in [-0.3, -0.25) is 9.59 Å². The molecule has 0 aliphatic heterocycles. The van der Waals surface area contributed by atoms with Crippen LogP contribution in [0.2, 0.25) is 0 Å². The number of carbonyl (C=O) groups is 2. The van der Waals surface area contributed by atoms with Crippen molar-refractivity contribution in [3.05, 3.63) is 12.2 Å². The van der Waals surface area contributed by atoms with Gasteiger partial charge in [0.2, 0.25) is 0 Å². The smallest absolute Gasteiger partial charge is 0.319 e. The Labute approximate surface area is 92.4 Å². The number of fused-ring (bicyclic) bond motifs is 2. The van der Waals surface area contributed by atoms with Gasteiger partial charge >= 0.3 is 5.97 Å². The molecule has 0 spiro atoms. The number of hydrogen-bond donors (Lipinski definition) is 3. The van der Waals surface area contributed by atoms with Gasteiger partial charge in [-0.2, -0.15) is 0 Å². The predicted molar refractivity (Wildman–Crippen MR) is 53.2 cm³/mol. The maximum Gasteiger partial charge on any atom is 0.319 e. The van der Waals surface area contributed by atoms with Gasteiger partial charge in [-0.25, -0.2) is 0 Å². The molecule has 2 rings (SSSR count). The van der Waals surface area contributed by atoms with Gasteiger partial charge in [-0.05, 0) is 24.7 Å². The number of aliphatic hydroxyl groups is 2. The van der Waals surface area contributed by atoms with Crippen molar-refractivity contribution in [2.24, 2.45) is 23.7 Å². The van der Waals surface area contributed by atoms with Crippen LogP contribution in [0.15, 0.2) is 12.2 Å². The largest absolute Gasteiger partial charge is 0.481 e. The van der Waals surface area contributed by atoms with E-state index in [0.29, 0.717) is 12.3 Å². The Morgan fingerprint density at radius 1 is 1.19 bits per heavy atom. The molecule has 5 nitrogen and oxygen atoms in total. The van der Waals surface area contributed by atoms with Gasteiger partial charge in [0.1, 0.15) is 0 Å². The molecule has 3 N–H and O–H groups in total. The SMILES string of the molecule is O=C(O)C(C(=O)C1CC2C=CC1C2)C(O)O. The van der Waals surface area contributed by atoms with Gasteiger partial charge in [-0.1, -0.05) is 12.2 Å². The monoisotopic (exact) mass is 226 g/mol. The first-order valence-corrected chi connectivity index (χ1v) is 5.31. The first kappa shape index (κ1) is 11.3. The standard InChI is InChI=1S/C11H14O5/c12-9(8(10(13)14)11(15)16)7-4-5-1-2-6(7)3-5/h1-2,5-8,10,13-14H,3-4H2,(H,15,16). The number of aliphatic carboxylic acids is 1. The Morgan fingerprint density at radius 3 is 2.25 bits per heavy atom. The van der Waals surface area contributed by atoms with Crippen molar-refractivity contribution in [1.29, 1.82) is 0 Å². The van der Waals surface area contributed by atoms with Crippen LogP contribution >= 0.6 is 0 Å². The number of allylic oxidation sites excluding steroid dienone is 2. The number of rotatable bonds is 4. The molecule has 1 fully saturated rings. The number of carboxylic acids is 1. The van der Waals surface area contributed by atoms with E-state index in [1.165, 1.54) is 0 Å². The Balaban J connectivity index is 2.12. The van der Waals surface area contributed by atoms with Gasteiger partial charge < -0.3 is 15.3 Å². The number of Topliss-reactive ketones (excluding diaryl/α,β-unsaturated/α-hetero) is 1. The Kier molecular flexibility index (Phi) is 2.82. The van der Waals surface area contributed by atoms with Crippen molar-refractivity contribution in [3.63, 3.8) is 0 Å². The summed E-state index contributed by atoms with van der Waals surface area (Å²) < 4.78 is 0. The van der Waals surface area contributed by atoms with E-state index in [0.717, 1.165) is 6.42 Å². The topological polar surface area (TPSA) is 94.8 Å². The van der Waals surface area contributed by atoms with Crippen molar-refractivity contribution in [2.45, 2.75) is 19.1 Å². The summed E-state index contributed by atoms with van der Waals surface area (Å²) >= 11 is 0. The van der Waals surface area contributed by atoms with Crippen LogP contribution in [0.25, 0.3) is 0 Å². The number of hydrogen-bond acceptors (Lipinski definition) is 4. The summed E-state index contributed by atoms with van der Waals surface area (Å²) in [6.07, 6.45) is 3.37. The van der Waals surface area contributed by atoms with Crippen LogP contribution in [-0.4, -0.2) is 33.4 Å². The average molecular weight is 226 g/mol. The van der Waals surface area contributed by atoms with Crippen molar-refractivity contribution < 1.29 is 24.9 Å². The van der Waals surface area contributed by atoms with E-state index in [1.54, 1.807) is 0 Å². The highest BCUT2D eigenvalue weighted by Gasteiger charge is 2.45. The van der Waals surface area contributed by atoms with Crippen LogP contribution in [0, 0.1) is 23.7 Å². The molecule has 2 aliphatic rings. The summed E-state index contributed by atoms with van der Waals surface area (Å²) in [5.74, 6) is -3.66. The van der Waals surface area contributed by atoms with Gasteiger partial charge in [0.25, 0.3) is 0 Å². The number of carbonyl (C=O) groups excluding carboxylic acids is 1. The van der Waals surface area contributed by atoms with Crippen LogP contribution in [0.3, 0.4) is 0 Å². The zero-order valence-corrected chi connectivity index (χ0v) is 8.61. The second-order valence-electron chi connectivity index (χ2n) is 4.52. The van der Waals surface area contributed by atoms with Crippen molar-refractivity contribution in [1.82, 2.24) is 0 Å². The molecule has 4 atom stereocenters. The van der Waals surface area contributed by atoms with Crippen LogP contribution in [-0.2, 0) is 9.59 Å². The van der Waals surface area contributed by atoms with E-state index in [2.05, 4.69) is 0 Å². The molecule has 0 heterocycles. The Morgan fingerprint density at radius 2 is 1.88 bits per heavy atom. The number of aliphatic hydroxyl groups excluding tert-OH is 1. The molecular weight excluding hydrogens is 212 g/mol. The maximum absolute atomic E-state index is 11.9. The normalized spacial score (nSPS) is 33.3. The Bertz CT molecular complexity index is 346. The summed E-state index contributed by atoms with van der Waals surface area (Å²) in [6, 6.07) is 0. The molecular formula is C11H14O5. The van der Waals surface area contributed by atoms with E-state index < -0.39 is 24.0 Å². The molecule has 0 radical (unpaired) electrons. The quantitative estimate of drug-likeness (QED) is 0.350. The van der Waals surface area contributed by atoms with Gasteiger partial charge in [0, 0.05) is 5.92 Å². The minimum Gasteiger partial charge on any atom is -0.481 e. The van der Waals surface area contributed by atoms with Gasteiger partial charge in [0.05, 0.1) is 0 Å². The molecule has 0 amide bonds. The Hall–Kier alpha value is -1.20. The minimum atomic E-state index is -2.12. The number of carboxylic acid groups (broad SMARTS) is 1. The lowest BCUT2D eigenvalue weighted by molar-refractivity contribution is -0.166. The first-order chi connectivity index (χ1) is 7.50. The second kappa shape index (κ2) is 3.99. The first-order valence-electron chi connectivity index (χ1n) is 5.31. The summed E-state index contributed by atoms with van der Waals surface area (Å²) in [6.45, 7) is 0. The highest BCUT2D eigenvalue weighted by molar-refractivity contribution is 6.00. The predicted octanol–water partition coefficient (Wildman–Crippen LogP) is -0.221. The van der Waals surface area contributed by atoms with Gasteiger partial charge in [-0.15, -0.1) is 0 Å². The molecule has 16 heavy (non-hydrogen) atoms. The molecule has 5 heteroatoms. The van der Waals surface area contributed by atoms with E-state index in [4.69, 9.17) is 15.3 Å². The lowest BCUT2D eigenvalue weighted by atomic mass is 9.83. The zero-order chi connectivity index (χ0) is 11.9. The molecule has 0 saturated heterocycles. The van der Waals surface area contributed by atoms with E-state index in [9.17, 15) is 9.59 Å². The molecule has 1 saturated carbocycles. The fraction of sp³-hybridized carbons (Fsp3) is 0.636. The fourth-order valence-corrected chi connectivity index (χ4v) is 2.73. The zero-order valence-electron chi connectivity index (χ0n) is 8.61. The molecule has 0 aromatic rings. The van der Waals surface area contributed by atoms with Gasteiger partial charge in [0.15, 0.2) is 18.0 Å². The van der Waals surface area contributed by atoms with Crippen LogP contribution in [0.5, 0.6) is 0 Å². The fourth-order valence-electron chi connectivity index (χ4n) is 2.73. The second-order valence-corrected chi connectivity index (χ2v) is 4.52. The maximum atomic E-state index is 11.9. The number of ketones is 1. The molecule has 2 aliphatic carbocycles. The lowest BCUT2D eigenvalue weighted by Gasteiger charge is -2.21. The molecule has 4 unspecified atom stereocenters. The van der Waals surface area contributed by atoms with E-state index >= 15 is 0 Å².